The first-order valence-corrected chi connectivity index (χ1v) is 5.84. The van der Waals surface area contributed by atoms with Gasteiger partial charge in [-0.05, 0) is 36.3 Å². The highest BCUT2D eigenvalue weighted by molar-refractivity contribution is 7.99. The number of aryl methyl sites for hydroxylation is 1. The summed E-state index contributed by atoms with van der Waals surface area (Å²) in [5.74, 6) is 1.40. The monoisotopic (exact) mass is 212 g/mol. The molecule has 0 bridgehead atoms. The Kier molecular flexibility index (Phi) is 2.54. The topological polar surface area (TPSA) is 20.2 Å². The van der Waals surface area contributed by atoms with Crippen molar-refractivity contribution in [3.63, 3.8) is 0 Å². The molecular weight excluding hydrogens is 199 g/mol. The quantitative estimate of drug-likeness (QED) is 0.771. The van der Waals surface area contributed by atoms with Crippen LogP contribution in [-0.4, -0.2) is 16.6 Å². The second-order valence-electron chi connectivity index (χ2n) is 3.80. The van der Waals surface area contributed by atoms with Gasteiger partial charge in [-0.2, -0.15) is 11.8 Å². The predicted octanol–water partition coefficient (Wildman–Crippen LogP) is 2.46. The molecule has 2 rings (SSSR count). The summed E-state index contributed by atoms with van der Waals surface area (Å²) in [5, 5.41) is 10.2. The van der Waals surface area contributed by atoms with E-state index in [1.807, 2.05) is 6.07 Å². The van der Waals surface area contributed by atoms with Gasteiger partial charge in [0, 0.05) is 5.75 Å². The maximum Gasteiger partial charge on any atom is 0.126 e. The van der Waals surface area contributed by atoms with Crippen molar-refractivity contribution in [2.45, 2.75) is 18.9 Å². The number of rotatable bonds is 1. The molecule has 14 heavy (non-hydrogen) atoms. The van der Waals surface area contributed by atoms with E-state index >= 15 is 0 Å². The number of aliphatic hydroxyl groups is 1. The Morgan fingerprint density at radius 3 is 2.86 bits per heavy atom. The normalized spacial score (nSPS) is 26.8. The van der Waals surface area contributed by atoms with Crippen LogP contribution >= 0.6 is 11.8 Å². The lowest BCUT2D eigenvalue weighted by Gasteiger charge is -2.22. The molecule has 1 aliphatic rings. The van der Waals surface area contributed by atoms with E-state index in [1.54, 1.807) is 24.8 Å². The van der Waals surface area contributed by atoms with Crippen molar-refractivity contribution in [3.05, 3.63) is 35.1 Å². The van der Waals surface area contributed by atoms with Crippen LogP contribution in [0.4, 0.5) is 4.39 Å². The summed E-state index contributed by atoms with van der Waals surface area (Å²) in [6.07, 6.45) is 0.722. The molecule has 1 heterocycles. The van der Waals surface area contributed by atoms with Crippen LogP contribution in [0.5, 0.6) is 0 Å². The van der Waals surface area contributed by atoms with Gasteiger partial charge in [-0.1, -0.05) is 12.1 Å². The number of hydrogen-bond donors (Lipinski definition) is 1. The first kappa shape index (κ1) is 9.99. The predicted molar refractivity (Wildman–Crippen MR) is 57.0 cm³/mol. The fourth-order valence-corrected chi connectivity index (χ4v) is 2.94. The fraction of sp³-hybridized carbons (Fsp3) is 0.455. The lowest BCUT2D eigenvalue weighted by atomic mass is 9.92. The first-order chi connectivity index (χ1) is 6.62. The summed E-state index contributed by atoms with van der Waals surface area (Å²) in [7, 11) is 0. The maximum absolute atomic E-state index is 13.3. The molecule has 0 spiro atoms. The van der Waals surface area contributed by atoms with Crippen molar-refractivity contribution in [2.75, 3.05) is 11.5 Å². The lowest BCUT2D eigenvalue weighted by molar-refractivity contribution is 0.0654. The molecule has 1 atom stereocenters. The summed E-state index contributed by atoms with van der Waals surface area (Å²) < 4.78 is 13.3. The summed E-state index contributed by atoms with van der Waals surface area (Å²) in [5.41, 5.74) is 0.535. The summed E-state index contributed by atoms with van der Waals surface area (Å²) in [6, 6.07) is 5.01. The van der Waals surface area contributed by atoms with Crippen LogP contribution in [0.2, 0.25) is 0 Å². The second kappa shape index (κ2) is 3.55. The maximum atomic E-state index is 13.3. The van der Waals surface area contributed by atoms with E-state index in [4.69, 9.17) is 0 Å². The molecule has 3 heteroatoms. The Hall–Kier alpha value is -0.540. The zero-order valence-electron chi connectivity index (χ0n) is 8.09. The third-order valence-corrected chi connectivity index (χ3v) is 3.88. The van der Waals surface area contributed by atoms with E-state index in [0.717, 1.165) is 12.2 Å². The van der Waals surface area contributed by atoms with Crippen molar-refractivity contribution in [3.8, 4) is 0 Å². The minimum atomic E-state index is -0.806. The van der Waals surface area contributed by atoms with E-state index in [1.165, 1.54) is 6.07 Å². The smallest absolute Gasteiger partial charge is 0.126 e. The van der Waals surface area contributed by atoms with Crippen LogP contribution in [0.15, 0.2) is 18.2 Å². The van der Waals surface area contributed by atoms with Gasteiger partial charge in [0.1, 0.15) is 5.82 Å². The molecule has 0 amide bonds. The third kappa shape index (κ3) is 1.66. The molecule has 76 valence electrons. The molecule has 1 aromatic rings. The Morgan fingerprint density at radius 2 is 2.29 bits per heavy atom. The molecule has 1 nitrogen and oxygen atoms in total. The van der Waals surface area contributed by atoms with Gasteiger partial charge in [0.15, 0.2) is 0 Å². The van der Waals surface area contributed by atoms with Crippen LogP contribution in [0.3, 0.4) is 0 Å². The molecule has 1 aromatic carbocycles. The second-order valence-corrected chi connectivity index (χ2v) is 4.90. The van der Waals surface area contributed by atoms with Crippen molar-refractivity contribution in [2.24, 2.45) is 0 Å². The van der Waals surface area contributed by atoms with Crippen molar-refractivity contribution >= 4 is 11.8 Å². The summed E-state index contributed by atoms with van der Waals surface area (Å²) in [4.78, 5) is 0. The van der Waals surface area contributed by atoms with Gasteiger partial charge in [-0.25, -0.2) is 4.39 Å². The number of halogens is 1. The van der Waals surface area contributed by atoms with Gasteiger partial charge in [0.25, 0.3) is 0 Å². The van der Waals surface area contributed by atoms with E-state index in [-0.39, 0.29) is 5.82 Å². The standard InChI is InChI=1S/C11H13FOS/c1-8-2-3-9(6-10(8)12)11(13)4-5-14-7-11/h2-3,6,13H,4-5,7H2,1H3. The van der Waals surface area contributed by atoms with Crippen LogP contribution in [-0.2, 0) is 5.60 Å². The lowest BCUT2D eigenvalue weighted by Crippen LogP contribution is -2.24. The first-order valence-electron chi connectivity index (χ1n) is 4.69. The Morgan fingerprint density at radius 1 is 1.50 bits per heavy atom. The third-order valence-electron chi connectivity index (χ3n) is 2.71. The molecule has 1 unspecified atom stereocenters. The molecule has 0 aromatic heterocycles. The van der Waals surface area contributed by atoms with E-state index < -0.39 is 5.60 Å². The number of thioether (sulfide) groups is 1. The molecule has 1 N–H and O–H groups in total. The number of hydrogen-bond acceptors (Lipinski definition) is 2. The Labute approximate surface area is 87.3 Å². The molecule has 1 aliphatic heterocycles. The van der Waals surface area contributed by atoms with Gasteiger partial charge < -0.3 is 5.11 Å². The Bertz CT molecular complexity index is 345. The summed E-state index contributed by atoms with van der Waals surface area (Å²) in [6.45, 7) is 1.73. The zero-order chi connectivity index (χ0) is 10.2. The molecule has 1 fully saturated rings. The van der Waals surface area contributed by atoms with Gasteiger partial charge in [0.2, 0.25) is 0 Å². The highest BCUT2D eigenvalue weighted by Gasteiger charge is 2.33. The Balaban J connectivity index is 2.36. The van der Waals surface area contributed by atoms with E-state index in [2.05, 4.69) is 0 Å². The average Bonchev–Trinajstić information content (AvgIpc) is 2.58. The van der Waals surface area contributed by atoms with Crippen LogP contribution in [0.1, 0.15) is 17.5 Å². The molecular formula is C11H13FOS. The average molecular weight is 212 g/mol. The molecule has 0 aliphatic carbocycles. The molecule has 0 saturated carbocycles. The van der Waals surface area contributed by atoms with Gasteiger partial charge in [-0.15, -0.1) is 0 Å². The highest BCUT2D eigenvalue weighted by atomic mass is 32.2. The minimum Gasteiger partial charge on any atom is -0.384 e. The van der Waals surface area contributed by atoms with Crippen molar-refractivity contribution in [1.82, 2.24) is 0 Å². The van der Waals surface area contributed by atoms with Crippen molar-refractivity contribution < 1.29 is 9.50 Å². The van der Waals surface area contributed by atoms with Crippen LogP contribution < -0.4 is 0 Å². The van der Waals surface area contributed by atoms with Gasteiger partial charge >= 0.3 is 0 Å². The minimum absolute atomic E-state index is 0.229. The zero-order valence-corrected chi connectivity index (χ0v) is 8.90. The molecule has 1 saturated heterocycles. The van der Waals surface area contributed by atoms with Crippen LogP contribution in [0, 0.1) is 12.7 Å². The van der Waals surface area contributed by atoms with Gasteiger partial charge in [0.05, 0.1) is 5.60 Å². The molecule has 0 radical (unpaired) electrons. The van der Waals surface area contributed by atoms with E-state index in [9.17, 15) is 9.50 Å². The SMILES string of the molecule is Cc1ccc(C2(O)CCSC2)cc1F. The number of benzene rings is 1. The largest absolute Gasteiger partial charge is 0.384 e. The van der Waals surface area contributed by atoms with E-state index in [0.29, 0.717) is 16.9 Å². The van der Waals surface area contributed by atoms with Gasteiger partial charge in [-0.3, -0.25) is 0 Å². The van der Waals surface area contributed by atoms with Crippen LogP contribution in [0.25, 0.3) is 0 Å². The summed E-state index contributed by atoms with van der Waals surface area (Å²) >= 11 is 1.71. The highest BCUT2D eigenvalue weighted by Crippen LogP contribution is 2.36. The van der Waals surface area contributed by atoms with Crippen molar-refractivity contribution in [1.29, 1.82) is 0 Å². The fourth-order valence-electron chi connectivity index (χ4n) is 1.66.